The molecule has 0 bridgehead atoms. The Morgan fingerprint density at radius 3 is 2.35 bits per heavy atom. The summed E-state index contributed by atoms with van der Waals surface area (Å²) < 4.78 is 38.9. The SMILES string of the molecule is CCC(C)OC1(OC(C)CC)[C](N2CCCCC2)C=CC(c2noc3cc(F)ccc23)=C1OC. The van der Waals surface area contributed by atoms with Crippen LogP contribution in [0.4, 0.5) is 4.39 Å². The highest BCUT2D eigenvalue weighted by Gasteiger charge is 2.54. The van der Waals surface area contributed by atoms with E-state index >= 15 is 0 Å². The first-order chi connectivity index (χ1) is 16.4. The van der Waals surface area contributed by atoms with Crippen molar-refractivity contribution in [3.05, 3.63) is 53.7 Å². The van der Waals surface area contributed by atoms with E-state index in [0.29, 0.717) is 28.0 Å². The maximum absolute atomic E-state index is 13.8. The summed E-state index contributed by atoms with van der Waals surface area (Å²) in [6.07, 6.45) is 9.01. The van der Waals surface area contributed by atoms with Crippen molar-refractivity contribution in [3.8, 4) is 0 Å². The molecule has 2 aliphatic rings. The van der Waals surface area contributed by atoms with Crippen molar-refractivity contribution in [2.75, 3.05) is 20.2 Å². The predicted octanol–water partition coefficient (Wildman–Crippen LogP) is 6.24. The van der Waals surface area contributed by atoms with Crippen LogP contribution >= 0.6 is 0 Å². The van der Waals surface area contributed by atoms with Gasteiger partial charge in [-0.2, -0.15) is 0 Å². The minimum atomic E-state index is -1.23. The Morgan fingerprint density at radius 2 is 1.74 bits per heavy atom. The van der Waals surface area contributed by atoms with Gasteiger partial charge in [0.15, 0.2) is 11.3 Å². The van der Waals surface area contributed by atoms with Crippen molar-refractivity contribution in [2.24, 2.45) is 0 Å². The molecular formula is C27H36FN2O4. The van der Waals surface area contributed by atoms with Gasteiger partial charge < -0.3 is 18.7 Å². The molecule has 7 heteroatoms. The molecule has 0 spiro atoms. The van der Waals surface area contributed by atoms with Crippen LogP contribution in [0.5, 0.6) is 0 Å². The van der Waals surface area contributed by atoms with E-state index in [2.05, 4.69) is 43.8 Å². The molecule has 1 aliphatic carbocycles. The lowest BCUT2D eigenvalue weighted by atomic mass is 9.88. The molecule has 1 fully saturated rings. The van der Waals surface area contributed by atoms with Crippen LogP contribution in [0.25, 0.3) is 16.5 Å². The van der Waals surface area contributed by atoms with Gasteiger partial charge in [-0.15, -0.1) is 0 Å². The second-order valence-electron chi connectivity index (χ2n) is 9.17. The minimum absolute atomic E-state index is 0.0788. The van der Waals surface area contributed by atoms with E-state index in [9.17, 15) is 4.39 Å². The number of hydrogen-bond acceptors (Lipinski definition) is 6. The Labute approximate surface area is 201 Å². The van der Waals surface area contributed by atoms with Crippen molar-refractivity contribution < 1.29 is 23.1 Å². The lowest BCUT2D eigenvalue weighted by Gasteiger charge is -2.48. The summed E-state index contributed by atoms with van der Waals surface area (Å²) in [6, 6.07) is 5.38. The molecule has 1 saturated heterocycles. The molecule has 4 rings (SSSR count). The lowest BCUT2D eigenvalue weighted by Crippen LogP contribution is -2.55. The number of aromatic nitrogens is 1. The molecule has 2 unspecified atom stereocenters. The Kier molecular flexibility index (Phi) is 7.75. The molecule has 6 nitrogen and oxygen atoms in total. The zero-order chi connectivity index (χ0) is 24.3. The first-order valence-corrected chi connectivity index (χ1v) is 12.4. The number of fused-ring (bicyclic) bond motifs is 1. The van der Waals surface area contributed by atoms with Crippen LogP contribution in [0.1, 0.15) is 65.5 Å². The highest BCUT2D eigenvalue weighted by Crippen LogP contribution is 2.47. The van der Waals surface area contributed by atoms with Gasteiger partial charge in [-0.1, -0.05) is 37.6 Å². The van der Waals surface area contributed by atoms with Crippen LogP contribution in [0.3, 0.4) is 0 Å². The molecule has 2 aromatic rings. The van der Waals surface area contributed by atoms with Crippen molar-refractivity contribution in [1.29, 1.82) is 0 Å². The third kappa shape index (κ3) is 4.66. The van der Waals surface area contributed by atoms with Crippen LogP contribution in [0, 0.1) is 11.9 Å². The number of ether oxygens (including phenoxy) is 3. The van der Waals surface area contributed by atoms with E-state index in [1.54, 1.807) is 13.2 Å². The van der Waals surface area contributed by atoms with Crippen molar-refractivity contribution in [1.82, 2.24) is 10.1 Å². The van der Waals surface area contributed by atoms with Gasteiger partial charge in [0.25, 0.3) is 5.79 Å². The van der Waals surface area contributed by atoms with E-state index in [0.717, 1.165) is 44.8 Å². The van der Waals surface area contributed by atoms with E-state index in [1.165, 1.54) is 18.6 Å². The molecule has 185 valence electrons. The number of likely N-dealkylation sites (tertiary alicyclic amines) is 1. The second kappa shape index (κ2) is 10.6. The highest BCUT2D eigenvalue weighted by atomic mass is 19.1. The number of piperidine rings is 1. The second-order valence-corrected chi connectivity index (χ2v) is 9.17. The Morgan fingerprint density at radius 1 is 1.06 bits per heavy atom. The number of methoxy groups -OCH3 is 1. The quantitative estimate of drug-likeness (QED) is 0.404. The van der Waals surface area contributed by atoms with Crippen LogP contribution in [-0.4, -0.2) is 48.3 Å². The fourth-order valence-corrected chi connectivity index (χ4v) is 4.61. The summed E-state index contributed by atoms with van der Waals surface area (Å²) in [5.74, 6) is -1.06. The summed E-state index contributed by atoms with van der Waals surface area (Å²) in [5.41, 5.74) is 1.67. The summed E-state index contributed by atoms with van der Waals surface area (Å²) in [6.45, 7) is 10.2. The van der Waals surface area contributed by atoms with Crippen LogP contribution < -0.4 is 0 Å². The summed E-state index contributed by atoms with van der Waals surface area (Å²) in [7, 11) is 1.64. The van der Waals surface area contributed by atoms with Gasteiger partial charge >= 0.3 is 0 Å². The van der Waals surface area contributed by atoms with Crippen LogP contribution in [0.15, 0.2) is 40.6 Å². The molecule has 0 saturated carbocycles. The summed E-state index contributed by atoms with van der Waals surface area (Å²) in [5, 5.41) is 5.00. The predicted molar refractivity (Wildman–Crippen MR) is 130 cm³/mol. The molecule has 0 N–H and O–H groups in total. The molecule has 2 atom stereocenters. The van der Waals surface area contributed by atoms with E-state index in [4.69, 9.17) is 18.7 Å². The number of halogens is 1. The minimum Gasteiger partial charge on any atom is -0.495 e. The van der Waals surface area contributed by atoms with Gasteiger partial charge in [0, 0.05) is 11.6 Å². The van der Waals surface area contributed by atoms with Gasteiger partial charge in [-0.3, -0.25) is 4.90 Å². The fourth-order valence-electron chi connectivity index (χ4n) is 4.61. The maximum Gasteiger partial charge on any atom is 0.254 e. The third-order valence-electron chi connectivity index (χ3n) is 6.76. The molecule has 2 heterocycles. The zero-order valence-electron chi connectivity index (χ0n) is 20.9. The number of benzene rings is 1. The molecular weight excluding hydrogens is 435 g/mol. The Bertz CT molecular complexity index is 1030. The van der Waals surface area contributed by atoms with Crippen LogP contribution in [-0.2, 0) is 14.2 Å². The van der Waals surface area contributed by atoms with E-state index < -0.39 is 5.79 Å². The fraction of sp³-hybridized carbons (Fsp3) is 0.556. The average molecular weight is 472 g/mol. The third-order valence-corrected chi connectivity index (χ3v) is 6.76. The van der Waals surface area contributed by atoms with Crippen molar-refractivity contribution >= 4 is 16.5 Å². The standard InChI is InChI=1S/C27H36FN2O4/c1-6-18(3)32-27(33-19(4)7-2)24(30-15-9-8-10-16-30)14-13-22(26(27)31-5)25-21-12-11-20(28)17-23(21)34-29-25/h11-14,17-19H,6-10,15-16H2,1-5H3. The highest BCUT2D eigenvalue weighted by molar-refractivity contribution is 5.93. The molecule has 1 radical (unpaired) electrons. The average Bonchev–Trinajstić information content (AvgIpc) is 3.26. The maximum atomic E-state index is 13.8. The van der Waals surface area contributed by atoms with Crippen molar-refractivity contribution in [2.45, 2.75) is 77.8 Å². The first kappa shape index (κ1) is 24.9. The molecule has 1 aliphatic heterocycles. The zero-order valence-corrected chi connectivity index (χ0v) is 20.9. The Balaban J connectivity index is 1.91. The number of nitrogens with zero attached hydrogens (tertiary/aromatic N) is 2. The van der Waals surface area contributed by atoms with Gasteiger partial charge in [0.1, 0.15) is 17.6 Å². The van der Waals surface area contributed by atoms with E-state index in [1.807, 2.05) is 6.08 Å². The first-order valence-electron chi connectivity index (χ1n) is 12.4. The van der Waals surface area contributed by atoms with E-state index in [-0.39, 0.29) is 18.0 Å². The van der Waals surface area contributed by atoms with Gasteiger partial charge in [-0.05, 0) is 64.8 Å². The number of allylic oxidation sites excluding steroid dienone is 2. The summed E-state index contributed by atoms with van der Waals surface area (Å²) in [4.78, 5) is 2.36. The normalized spacial score (nSPS) is 24.1. The monoisotopic (exact) mass is 471 g/mol. The van der Waals surface area contributed by atoms with Crippen molar-refractivity contribution in [3.63, 3.8) is 0 Å². The molecule has 1 aromatic carbocycles. The number of rotatable bonds is 9. The lowest BCUT2D eigenvalue weighted by molar-refractivity contribution is -0.266. The van der Waals surface area contributed by atoms with Gasteiger partial charge in [0.05, 0.1) is 24.7 Å². The van der Waals surface area contributed by atoms with Crippen LogP contribution in [0.2, 0.25) is 0 Å². The smallest absolute Gasteiger partial charge is 0.254 e. The molecule has 34 heavy (non-hydrogen) atoms. The Hall–Kier alpha value is -2.22. The van der Waals surface area contributed by atoms with Gasteiger partial charge in [-0.25, -0.2) is 4.39 Å². The van der Waals surface area contributed by atoms with Gasteiger partial charge in [0.2, 0.25) is 0 Å². The molecule has 0 amide bonds. The topological polar surface area (TPSA) is 57.0 Å². The summed E-state index contributed by atoms with van der Waals surface area (Å²) >= 11 is 0. The molecule has 1 aromatic heterocycles. The largest absolute Gasteiger partial charge is 0.495 e. The number of hydrogen-bond donors (Lipinski definition) is 0.